The molecule has 0 aromatic heterocycles. The first-order chi connectivity index (χ1) is 9.65. The van der Waals surface area contributed by atoms with Crippen LogP contribution >= 0.6 is 0 Å². The quantitative estimate of drug-likeness (QED) is 0.381. The van der Waals surface area contributed by atoms with Crippen LogP contribution in [0.25, 0.3) is 0 Å². The molecule has 0 heterocycles. The fourth-order valence-corrected chi connectivity index (χ4v) is 2.15. The molecule has 0 radical (unpaired) electrons. The van der Waals surface area contributed by atoms with Crippen molar-refractivity contribution in [1.82, 2.24) is 4.90 Å². The number of unbranched alkanes of at least 4 members (excludes halogenated alkanes) is 3. The molecule has 0 aromatic rings. The lowest BCUT2D eigenvalue weighted by Gasteiger charge is -2.20. The highest BCUT2D eigenvalue weighted by molar-refractivity contribution is 4.57. The van der Waals surface area contributed by atoms with Crippen molar-refractivity contribution in [1.29, 1.82) is 0 Å². The minimum atomic E-state index is -0.607. The first-order valence-electron chi connectivity index (χ1n) is 8.28. The van der Waals surface area contributed by atoms with Gasteiger partial charge in [-0.25, -0.2) is 0 Å². The van der Waals surface area contributed by atoms with Gasteiger partial charge in [0, 0.05) is 19.1 Å². The summed E-state index contributed by atoms with van der Waals surface area (Å²) in [6, 6.07) is 0. The van der Waals surface area contributed by atoms with Crippen LogP contribution in [-0.4, -0.2) is 54.3 Å². The molecular formula is C16H35NO3. The fourth-order valence-electron chi connectivity index (χ4n) is 2.15. The predicted octanol–water partition coefficient (Wildman–Crippen LogP) is 2.63. The first kappa shape index (κ1) is 19.8. The fraction of sp³-hybridized carbons (Fsp3) is 1.00. The molecule has 0 bridgehead atoms. The molecule has 0 saturated heterocycles. The molecule has 0 aliphatic heterocycles. The second-order valence-electron chi connectivity index (χ2n) is 5.63. The van der Waals surface area contributed by atoms with Crippen LogP contribution in [0.4, 0.5) is 0 Å². The number of hydrogen-bond acceptors (Lipinski definition) is 4. The van der Waals surface area contributed by atoms with E-state index in [4.69, 9.17) is 9.84 Å². The monoisotopic (exact) mass is 289 g/mol. The Morgan fingerprint density at radius 1 is 1.00 bits per heavy atom. The smallest absolute Gasteiger partial charge is 0.157 e. The van der Waals surface area contributed by atoms with Gasteiger partial charge in [0.1, 0.15) is 0 Å². The second-order valence-corrected chi connectivity index (χ2v) is 5.63. The Balaban J connectivity index is 3.43. The zero-order chi connectivity index (χ0) is 15.2. The number of hydrogen-bond donors (Lipinski definition) is 2. The maximum atomic E-state index is 9.66. The number of aliphatic hydroxyl groups is 2. The average molecular weight is 289 g/mol. The van der Waals surface area contributed by atoms with Crippen LogP contribution in [0, 0.1) is 5.92 Å². The van der Waals surface area contributed by atoms with Crippen molar-refractivity contribution in [3.63, 3.8) is 0 Å². The molecule has 4 heteroatoms. The van der Waals surface area contributed by atoms with Gasteiger partial charge in [-0.15, -0.1) is 0 Å². The Morgan fingerprint density at radius 2 is 1.70 bits per heavy atom. The molecule has 0 amide bonds. The van der Waals surface area contributed by atoms with Crippen LogP contribution in [0.1, 0.15) is 59.3 Å². The molecule has 2 atom stereocenters. The molecular weight excluding hydrogens is 254 g/mol. The van der Waals surface area contributed by atoms with E-state index in [1.165, 1.54) is 12.8 Å². The summed E-state index contributed by atoms with van der Waals surface area (Å²) in [4.78, 5) is 2.32. The topological polar surface area (TPSA) is 52.9 Å². The van der Waals surface area contributed by atoms with Gasteiger partial charge in [-0.3, -0.25) is 0 Å². The summed E-state index contributed by atoms with van der Waals surface area (Å²) in [5, 5.41) is 18.6. The Kier molecular flexibility index (Phi) is 13.7. The standard InChI is InChI=1S/C16H35NO3/c1-4-10-17(12-13-18)11-8-6-7-9-14-20-16(19)15(3)5-2/h15-16,18-19H,4-14H2,1-3H3. The summed E-state index contributed by atoms with van der Waals surface area (Å²) in [7, 11) is 0. The molecule has 2 unspecified atom stereocenters. The lowest BCUT2D eigenvalue weighted by atomic mass is 10.1. The zero-order valence-electron chi connectivity index (χ0n) is 13.7. The third-order valence-electron chi connectivity index (χ3n) is 3.74. The Morgan fingerprint density at radius 3 is 2.30 bits per heavy atom. The van der Waals surface area contributed by atoms with Gasteiger partial charge in [-0.05, 0) is 38.8 Å². The summed E-state index contributed by atoms with van der Waals surface area (Å²) in [5.41, 5.74) is 0. The summed E-state index contributed by atoms with van der Waals surface area (Å²) in [6.07, 6.45) is 6.00. The van der Waals surface area contributed by atoms with Crippen molar-refractivity contribution in [3.05, 3.63) is 0 Å². The third-order valence-corrected chi connectivity index (χ3v) is 3.74. The van der Waals surface area contributed by atoms with Crippen LogP contribution in [0.2, 0.25) is 0 Å². The highest BCUT2D eigenvalue weighted by Crippen LogP contribution is 2.10. The lowest BCUT2D eigenvalue weighted by molar-refractivity contribution is -0.131. The van der Waals surface area contributed by atoms with E-state index in [0.29, 0.717) is 6.61 Å². The van der Waals surface area contributed by atoms with Gasteiger partial charge < -0.3 is 19.8 Å². The number of nitrogens with zero attached hydrogens (tertiary/aromatic N) is 1. The highest BCUT2D eigenvalue weighted by Gasteiger charge is 2.11. The van der Waals surface area contributed by atoms with Crippen molar-refractivity contribution in [3.8, 4) is 0 Å². The molecule has 0 fully saturated rings. The Labute approximate surface area is 125 Å². The third kappa shape index (κ3) is 10.6. The van der Waals surface area contributed by atoms with E-state index in [9.17, 15) is 5.11 Å². The maximum Gasteiger partial charge on any atom is 0.157 e. The summed E-state index contributed by atoms with van der Waals surface area (Å²) in [6.45, 7) is 10.1. The van der Waals surface area contributed by atoms with E-state index in [0.717, 1.165) is 45.3 Å². The Bertz CT molecular complexity index is 196. The molecule has 20 heavy (non-hydrogen) atoms. The molecule has 0 spiro atoms. The van der Waals surface area contributed by atoms with Crippen LogP contribution < -0.4 is 0 Å². The summed E-state index contributed by atoms with van der Waals surface area (Å²) in [5.74, 6) is 0.219. The minimum Gasteiger partial charge on any atom is -0.395 e. The van der Waals surface area contributed by atoms with Gasteiger partial charge in [0.05, 0.1) is 6.61 Å². The average Bonchev–Trinajstić information content (AvgIpc) is 2.45. The largest absolute Gasteiger partial charge is 0.395 e. The van der Waals surface area contributed by atoms with E-state index >= 15 is 0 Å². The van der Waals surface area contributed by atoms with Gasteiger partial charge >= 0.3 is 0 Å². The van der Waals surface area contributed by atoms with E-state index in [-0.39, 0.29) is 12.5 Å². The van der Waals surface area contributed by atoms with Crippen LogP contribution in [0.15, 0.2) is 0 Å². The van der Waals surface area contributed by atoms with E-state index in [1.807, 2.05) is 6.92 Å². The number of aliphatic hydroxyl groups excluding tert-OH is 2. The number of ether oxygens (including phenoxy) is 1. The molecule has 0 aromatic carbocycles. The van der Waals surface area contributed by atoms with Crippen molar-refractivity contribution < 1.29 is 14.9 Å². The minimum absolute atomic E-state index is 0.219. The van der Waals surface area contributed by atoms with Gasteiger partial charge in [0.15, 0.2) is 6.29 Å². The van der Waals surface area contributed by atoms with Crippen molar-refractivity contribution >= 4 is 0 Å². The van der Waals surface area contributed by atoms with E-state index < -0.39 is 6.29 Å². The van der Waals surface area contributed by atoms with Crippen LogP contribution in [0.3, 0.4) is 0 Å². The predicted molar refractivity (Wildman–Crippen MR) is 83.7 cm³/mol. The molecule has 0 rings (SSSR count). The highest BCUT2D eigenvalue weighted by atomic mass is 16.6. The number of rotatable bonds is 14. The van der Waals surface area contributed by atoms with Gasteiger partial charge in [0.2, 0.25) is 0 Å². The van der Waals surface area contributed by atoms with Gasteiger partial charge in [-0.1, -0.05) is 33.6 Å². The molecule has 4 nitrogen and oxygen atoms in total. The van der Waals surface area contributed by atoms with Crippen molar-refractivity contribution in [2.24, 2.45) is 5.92 Å². The Hall–Kier alpha value is -0.160. The normalized spacial score (nSPS) is 14.7. The van der Waals surface area contributed by atoms with Crippen LogP contribution in [0.5, 0.6) is 0 Å². The van der Waals surface area contributed by atoms with Gasteiger partial charge in [0.25, 0.3) is 0 Å². The molecule has 2 N–H and O–H groups in total. The molecule has 0 aliphatic rings. The molecule has 122 valence electrons. The van der Waals surface area contributed by atoms with Crippen LogP contribution in [-0.2, 0) is 4.74 Å². The zero-order valence-corrected chi connectivity index (χ0v) is 13.7. The lowest BCUT2D eigenvalue weighted by Crippen LogP contribution is -2.28. The SMILES string of the molecule is CCCN(CCO)CCCCCCOC(O)C(C)CC. The summed E-state index contributed by atoms with van der Waals surface area (Å²) < 4.78 is 5.41. The second kappa shape index (κ2) is 13.8. The summed E-state index contributed by atoms with van der Waals surface area (Å²) >= 11 is 0. The maximum absolute atomic E-state index is 9.66. The first-order valence-corrected chi connectivity index (χ1v) is 8.28. The van der Waals surface area contributed by atoms with Crippen molar-refractivity contribution in [2.45, 2.75) is 65.6 Å². The van der Waals surface area contributed by atoms with E-state index in [2.05, 4.69) is 18.7 Å². The molecule has 0 saturated carbocycles. The molecule has 0 aliphatic carbocycles. The van der Waals surface area contributed by atoms with Gasteiger partial charge in [-0.2, -0.15) is 0 Å². The van der Waals surface area contributed by atoms with Crippen molar-refractivity contribution in [2.75, 3.05) is 32.8 Å². The van der Waals surface area contributed by atoms with E-state index in [1.54, 1.807) is 0 Å².